The SMILES string of the molecule is CCOc1cc(C)nc(NCCCCCSC)n1. The molecule has 0 amide bonds. The van der Waals surface area contributed by atoms with Crippen molar-refractivity contribution >= 4 is 17.7 Å². The summed E-state index contributed by atoms with van der Waals surface area (Å²) in [7, 11) is 0. The minimum Gasteiger partial charge on any atom is -0.478 e. The fourth-order valence-electron chi connectivity index (χ4n) is 1.59. The van der Waals surface area contributed by atoms with Crippen LogP contribution >= 0.6 is 11.8 Å². The topological polar surface area (TPSA) is 47.0 Å². The van der Waals surface area contributed by atoms with Crippen molar-refractivity contribution in [1.29, 1.82) is 0 Å². The molecule has 0 unspecified atom stereocenters. The van der Waals surface area contributed by atoms with Crippen molar-refractivity contribution in [1.82, 2.24) is 9.97 Å². The molecule has 0 saturated carbocycles. The summed E-state index contributed by atoms with van der Waals surface area (Å²) in [6.07, 6.45) is 5.83. The third-order valence-corrected chi connectivity index (χ3v) is 3.13. The first kappa shape index (κ1) is 15.1. The minimum absolute atomic E-state index is 0.630. The van der Waals surface area contributed by atoms with Gasteiger partial charge in [0.25, 0.3) is 0 Å². The molecule has 0 aliphatic heterocycles. The summed E-state index contributed by atoms with van der Waals surface area (Å²) in [5, 5.41) is 3.25. The van der Waals surface area contributed by atoms with Crippen molar-refractivity contribution < 1.29 is 4.74 Å². The molecule has 0 saturated heterocycles. The number of anilines is 1. The summed E-state index contributed by atoms with van der Waals surface area (Å²) < 4.78 is 5.39. The quantitative estimate of drug-likeness (QED) is 0.698. The molecule has 0 bridgehead atoms. The van der Waals surface area contributed by atoms with Gasteiger partial charge in [-0.3, -0.25) is 0 Å². The van der Waals surface area contributed by atoms with Gasteiger partial charge in [0, 0.05) is 18.3 Å². The van der Waals surface area contributed by atoms with Gasteiger partial charge < -0.3 is 10.1 Å². The number of aromatic nitrogens is 2. The number of hydrogen-bond acceptors (Lipinski definition) is 5. The van der Waals surface area contributed by atoms with Crippen molar-refractivity contribution in [3.8, 4) is 5.88 Å². The van der Waals surface area contributed by atoms with Crippen molar-refractivity contribution in [3.63, 3.8) is 0 Å². The first-order valence-electron chi connectivity index (χ1n) is 6.47. The van der Waals surface area contributed by atoms with Crippen molar-refractivity contribution in [2.24, 2.45) is 0 Å². The molecular formula is C13H23N3OS. The number of rotatable bonds is 9. The van der Waals surface area contributed by atoms with Gasteiger partial charge in [-0.1, -0.05) is 6.42 Å². The van der Waals surface area contributed by atoms with E-state index in [-0.39, 0.29) is 0 Å². The highest BCUT2D eigenvalue weighted by Gasteiger charge is 2.01. The third kappa shape index (κ3) is 6.10. The van der Waals surface area contributed by atoms with E-state index < -0.39 is 0 Å². The van der Waals surface area contributed by atoms with Crippen LogP contribution in [0.25, 0.3) is 0 Å². The highest BCUT2D eigenvalue weighted by atomic mass is 32.2. The Hall–Kier alpha value is -0.970. The monoisotopic (exact) mass is 269 g/mol. The Morgan fingerprint density at radius 2 is 2.11 bits per heavy atom. The average Bonchev–Trinajstić information content (AvgIpc) is 2.33. The lowest BCUT2D eigenvalue weighted by molar-refractivity contribution is 0.326. The number of unbranched alkanes of at least 4 members (excludes halogenated alkanes) is 2. The summed E-state index contributed by atoms with van der Waals surface area (Å²) in [5.41, 5.74) is 0.929. The lowest BCUT2D eigenvalue weighted by atomic mass is 10.2. The molecule has 4 nitrogen and oxygen atoms in total. The fraction of sp³-hybridized carbons (Fsp3) is 0.692. The lowest BCUT2D eigenvalue weighted by Gasteiger charge is -2.08. The Morgan fingerprint density at radius 1 is 1.28 bits per heavy atom. The standard InChI is InChI=1S/C13H23N3OS/c1-4-17-12-10-11(2)15-13(16-12)14-8-6-5-7-9-18-3/h10H,4-9H2,1-3H3,(H,14,15,16). The Morgan fingerprint density at radius 3 is 2.83 bits per heavy atom. The van der Waals surface area contributed by atoms with E-state index in [9.17, 15) is 0 Å². The van der Waals surface area contributed by atoms with Gasteiger partial charge in [0.1, 0.15) is 0 Å². The summed E-state index contributed by atoms with van der Waals surface area (Å²) in [6, 6.07) is 1.85. The molecule has 1 N–H and O–H groups in total. The molecule has 0 radical (unpaired) electrons. The van der Waals surface area contributed by atoms with Crippen LogP contribution in [0.3, 0.4) is 0 Å². The Bertz CT molecular complexity index is 347. The van der Waals surface area contributed by atoms with Gasteiger partial charge in [0.2, 0.25) is 11.8 Å². The second-order valence-electron chi connectivity index (χ2n) is 4.08. The number of ether oxygens (including phenoxy) is 1. The molecule has 0 spiro atoms. The van der Waals surface area contributed by atoms with Crippen LogP contribution in [-0.2, 0) is 0 Å². The molecule has 0 aromatic carbocycles. The number of aryl methyl sites for hydroxylation is 1. The summed E-state index contributed by atoms with van der Waals surface area (Å²) >= 11 is 1.90. The van der Waals surface area contributed by atoms with Crippen LogP contribution in [-0.4, -0.2) is 35.1 Å². The average molecular weight is 269 g/mol. The highest BCUT2D eigenvalue weighted by molar-refractivity contribution is 7.98. The van der Waals surface area contributed by atoms with Gasteiger partial charge in [-0.15, -0.1) is 0 Å². The third-order valence-electron chi connectivity index (χ3n) is 2.43. The molecular weight excluding hydrogens is 246 g/mol. The van der Waals surface area contributed by atoms with E-state index in [0.717, 1.165) is 18.7 Å². The Balaban J connectivity index is 2.32. The number of hydrogen-bond donors (Lipinski definition) is 1. The van der Waals surface area contributed by atoms with Crippen LogP contribution in [0.5, 0.6) is 5.88 Å². The van der Waals surface area contributed by atoms with Crippen LogP contribution in [0.4, 0.5) is 5.95 Å². The molecule has 1 aromatic rings. The van der Waals surface area contributed by atoms with Gasteiger partial charge >= 0.3 is 0 Å². The fourth-order valence-corrected chi connectivity index (χ4v) is 2.08. The number of nitrogens with one attached hydrogen (secondary N) is 1. The summed E-state index contributed by atoms with van der Waals surface area (Å²) in [5.74, 6) is 2.56. The molecule has 5 heteroatoms. The van der Waals surface area contributed by atoms with E-state index in [1.54, 1.807) is 0 Å². The van der Waals surface area contributed by atoms with Crippen LogP contribution in [0, 0.1) is 6.92 Å². The maximum absolute atomic E-state index is 5.39. The Kier molecular flexibility index (Phi) is 7.57. The van der Waals surface area contributed by atoms with Gasteiger partial charge in [-0.2, -0.15) is 16.7 Å². The van der Waals surface area contributed by atoms with Crippen LogP contribution in [0.2, 0.25) is 0 Å². The second-order valence-corrected chi connectivity index (χ2v) is 5.07. The molecule has 0 aliphatic rings. The first-order chi connectivity index (χ1) is 8.76. The summed E-state index contributed by atoms with van der Waals surface area (Å²) in [4.78, 5) is 8.65. The second kappa shape index (κ2) is 9.03. The maximum Gasteiger partial charge on any atom is 0.226 e. The first-order valence-corrected chi connectivity index (χ1v) is 7.87. The van der Waals surface area contributed by atoms with E-state index in [4.69, 9.17) is 4.74 Å². The van der Waals surface area contributed by atoms with E-state index in [1.165, 1.54) is 18.6 Å². The van der Waals surface area contributed by atoms with Gasteiger partial charge in [0.15, 0.2) is 0 Å². The van der Waals surface area contributed by atoms with Gasteiger partial charge in [-0.05, 0) is 38.7 Å². The molecule has 0 fully saturated rings. The van der Waals surface area contributed by atoms with Crippen LogP contribution in [0.1, 0.15) is 31.9 Å². The van der Waals surface area contributed by atoms with E-state index in [1.807, 2.05) is 31.7 Å². The maximum atomic E-state index is 5.39. The van der Waals surface area contributed by atoms with Gasteiger partial charge in [0.05, 0.1) is 6.61 Å². The zero-order valence-electron chi connectivity index (χ0n) is 11.5. The zero-order chi connectivity index (χ0) is 13.2. The minimum atomic E-state index is 0.630. The van der Waals surface area contributed by atoms with E-state index in [0.29, 0.717) is 18.4 Å². The molecule has 1 aromatic heterocycles. The van der Waals surface area contributed by atoms with Crippen molar-refractivity contribution in [3.05, 3.63) is 11.8 Å². The van der Waals surface area contributed by atoms with Gasteiger partial charge in [-0.25, -0.2) is 4.98 Å². The summed E-state index contributed by atoms with van der Waals surface area (Å²) in [6.45, 7) is 5.46. The van der Waals surface area contributed by atoms with Crippen molar-refractivity contribution in [2.45, 2.75) is 33.1 Å². The molecule has 1 heterocycles. The zero-order valence-corrected chi connectivity index (χ0v) is 12.3. The molecule has 1 rings (SSSR count). The normalized spacial score (nSPS) is 10.4. The van der Waals surface area contributed by atoms with E-state index in [2.05, 4.69) is 21.5 Å². The predicted molar refractivity (Wildman–Crippen MR) is 78.7 cm³/mol. The molecule has 0 atom stereocenters. The largest absolute Gasteiger partial charge is 0.478 e. The van der Waals surface area contributed by atoms with Crippen LogP contribution in [0.15, 0.2) is 6.07 Å². The molecule has 0 aliphatic carbocycles. The van der Waals surface area contributed by atoms with E-state index >= 15 is 0 Å². The van der Waals surface area contributed by atoms with Crippen LogP contribution < -0.4 is 10.1 Å². The van der Waals surface area contributed by atoms with Crippen molar-refractivity contribution in [2.75, 3.05) is 30.5 Å². The molecule has 102 valence electrons. The number of thioether (sulfide) groups is 1. The Labute approximate surface area is 114 Å². The lowest BCUT2D eigenvalue weighted by Crippen LogP contribution is -2.07. The molecule has 18 heavy (non-hydrogen) atoms. The number of nitrogens with zero attached hydrogens (tertiary/aromatic N) is 2. The highest BCUT2D eigenvalue weighted by Crippen LogP contribution is 2.12. The predicted octanol–water partition coefficient (Wildman–Crippen LogP) is 3.13. The smallest absolute Gasteiger partial charge is 0.226 e.